The topological polar surface area (TPSA) is 83.0 Å². The molecule has 2 heterocycles. The number of rotatable bonds is 5. The predicted molar refractivity (Wildman–Crippen MR) is 127 cm³/mol. The minimum atomic E-state index is -0.496. The number of aliphatic hydroxyl groups is 1. The lowest BCUT2D eigenvalue weighted by Crippen LogP contribution is -2.50. The Morgan fingerprint density at radius 1 is 1.09 bits per heavy atom. The van der Waals surface area contributed by atoms with Gasteiger partial charge in [-0.05, 0) is 42.8 Å². The van der Waals surface area contributed by atoms with Gasteiger partial charge in [0.05, 0.1) is 29.4 Å². The van der Waals surface area contributed by atoms with Crippen molar-refractivity contribution in [2.24, 2.45) is 0 Å². The second kappa shape index (κ2) is 10.4. The smallest absolute Gasteiger partial charge is 0.409 e. The molecule has 2 aromatic carbocycles. The highest BCUT2D eigenvalue weighted by Crippen LogP contribution is 2.30. The number of carbonyl (C=O) groups excluding carboxylic acids is 2. The molecule has 1 aliphatic rings. The van der Waals surface area contributed by atoms with E-state index in [-0.39, 0.29) is 17.6 Å². The average molecular weight is 486 g/mol. The number of ether oxygens (including phenoxy) is 1. The summed E-state index contributed by atoms with van der Waals surface area (Å²) in [6, 6.07) is 11.2. The molecular weight excluding hydrogens is 461 g/mol. The molecule has 0 radical (unpaired) electrons. The predicted octanol–water partition coefficient (Wildman–Crippen LogP) is 4.49. The molecule has 178 valence electrons. The molecule has 0 bridgehead atoms. The lowest BCUT2D eigenvalue weighted by Gasteiger charge is -2.34. The van der Waals surface area contributed by atoms with Crippen LogP contribution in [0, 0.1) is 5.82 Å². The van der Waals surface area contributed by atoms with E-state index in [1.54, 1.807) is 40.1 Å². The summed E-state index contributed by atoms with van der Waals surface area (Å²) in [4.78, 5) is 33.1. The second-order valence-electron chi connectivity index (χ2n) is 8.08. The van der Waals surface area contributed by atoms with Crippen LogP contribution < -0.4 is 0 Å². The zero-order chi connectivity index (χ0) is 24.2. The van der Waals surface area contributed by atoms with E-state index in [4.69, 9.17) is 16.3 Å². The van der Waals surface area contributed by atoms with Gasteiger partial charge < -0.3 is 19.6 Å². The lowest BCUT2D eigenvalue weighted by molar-refractivity contribution is 0.0560. The van der Waals surface area contributed by atoms with Crippen molar-refractivity contribution in [2.75, 3.05) is 32.8 Å². The summed E-state index contributed by atoms with van der Waals surface area (Å²) in [6.45, 7) is 3.53. The van der Waals surface area contributed by atoms with E-state index in [0.29, 0.717) is 65.5 Å². The van der Waals surface area contributed by atoms with Crippen LogP contribution in [0.5, 0.6) is 0 Å². The molecule has 3 aromatic rings. The molecule has 7 nitrogen and oxygen atoms in total. The summed E-state index contributed by atoms with van der Waals surface area (Å²) in [5, 5.41) is 10.5. The summed E-state index contributed by atoms with van der Waals surface area (Å²) in [5.41, 5.74) is 2.28. The molecule has 0 saturated carbocycles. The molecule has 1 fully saturated rings. The molecule has 0 atom stereocenters. The van der Waals surface area contributed by atoms with Gasteiger partial charge >= 0.3 is 6.09 Å². The van der Waals surface area contributed by atoms with Crippen molar-refractivity contribution in [1.29, 1.82) is 0 Å². The first-order valence-corrected chi connectivity index (χ1v) is 11.5. The van der Waals surface area contributed by atoms with E-state index in [1.165, 1.54) is 12.1 Å². The third kappa shape index (κ3) is 4.98. The Morgan fingerprint density at radius 2 is 1.82 bits per heavy atom. The number of benzene rings is 2. The highest BCUT2D eigenvalue weighted by molar-refractivity contribution is 6.35. The number of fused-ring (bicyclic) bond motifs is 1. The Bertz CT molecular complexity index is 1230. The minimum absolute atomic E-state index is 0.156. The molecule has 2 amide bonds. The van der Waals surface area contributed by atoms with Gasteiger partial charge in [-0.1, -0.05) is 24.6 Å². The third-order valence-electron chi connectivity index (χ3n) is 5.77. The summed E-state index contributed by atoms with van der Waals surface area (Å²) in [5.74, 6) is -0.652. The molecule has 1 N–H and O–H groups in total. The van der Waals surface area contributed by atoms with Gasteiger partial charge in [-0.25, -0.2) is 14.2 Å². The summed E-state index contributed by atoms with van der Waals surface area (Å²) >= 11 is 6.47. The van der Waals surface area contributed by atoms with Crippen LogP contribution in [-0.2, 0) is 11.3 Å². The average Bonchev–Trinajstić information content (AvgIpc) is 2.86. The molecule has 1 aromatic heterocycles. The first-order chi connectivity index (χ1) is 16.4. The molecule has 4 rings (SSSR count). The van der Waals surface area contributed by atoms with Crippen LogP contribution in [0.1, 0.15) is 29.3 Å². The van der Waals surface area contributed by atoms with Crippen molar-refractivity contribution in [1.82, 2.24) is 14.8 Å². The van der Waals surface area contributed by atoms with Gasteiger partial charge in [0.2, 0.25) is 0 Å². The van der Waals surface area contributed by atoms with Crippen molar-refractivity contribution < 1.29 is 23.8 Å². The number of amides is 2. The van der Waals surface area contributed by atoms with E-state index < -0.39 is 12.4 Å². The van der Waals surface area contributed by atoms with Crippen LogP contribution in [0.4, 0.5) is 9.18 Å². The number of halogens is 2. The van der Waals surface area contributed by atoms with Gasteiger partial charge in [0, 0.05) is 48.3 Å². The van der Waals surface area contributed by atoms with Crippen molar-refractivity contribution >= 4 is 34.5 Å². The first kappa shape index (κ1) is 23.9. The fourth-order valence-electron chi connectivity index (χ4n) is 3.88. The molecular formula is C25H25ClFN3O4. The second-order valence-corrected chi connectivity index (χ2v) is 8.49. The number of piperazine rings is 1. The highest BCUT2D eigenvalue weighted by atomic mass is 35.5. The Balaban J connectivity index is 1.55. The monoisotopic (exact) mass is 485 g/mol. The molecule has 1 aliphatic heterocycles. The number of hydrogen-bond acceptors (Lipinski definition) is 5. The van der Waals surface area contributed by atoms with Crippen LogP contribution in [0.15, 0.2) is 42.5 Å². The van der Waals surface area contributed by atoms with Crippen molar-refractivity contribution in [2.45, 2.75) is 20.0 Å². The summed E-state index contributed by atoms with van der Waals surface area (Å²) in [6.07, 6.45) is 0.409. The van der Waals surface area contributed by atoms with Crippen LogP contribution in [-0.4, -0.2) is 64.7 Å². The minimum Gasteiger partial charge on any atom is -0.449 e. The zero-order valence-electron chi connectivity index (χ0n) is 18.8. The largest absolute Gasteiger partial charge is 0.449 e. The van der Waals surface area contributed by atoms with Crippen LogP contribution in [0.2, 0.25) is 5.02 Å². The Labute approximate surface area is 201 Å². The molecule has 34 heavy (non-hydrogen) atoms. The summed E-state index contributed by atoms with van der Waals surface area (Å²) in [7, 11) is 0. The summed E-state index contributed by atoms with van der Waals surface area (Å²) < 4.78 is 18.9. The zero-order valence-corrected chi connectivity index (χ0v) is 19.5. The van der Waals surface area contributed by atoms with Gasteiger partial charge in [-0.15, -0.1) is 0 Å². The van der Waals surface area contributed by atoms with Crippen LogP contribution in [0.25, 0.3) is 22.2 Å². The number of aliphatic hydroxyl groups excluding tert-OH is 1. The number of aromatic nitrogens is 1. The highest BCUT2D eigenvalue weighted by Gasteiger charge is 2.26. The first-order valence-electron chi connectivity index (χ1n) is 11.1. The number of carbonyl (C=O) groups is 2. The van der Waals surface area contributed by atoms with E-state index in [2.05, 4.69) is 4.98 Å². The van der Waals surface area contributed by atoms with Crippen LogP contribution in [0.3, 0.4) is 0 Å². The van der Waals surface area contributed by atoms with Crippen molar-refractivity contribution in [3.63, 3.8) is 0 Å². The van der Waals surface area contributed by atoms with E-state index in [9.17, 15) is 19.1 Å². The van der Waals surface area contributed by atoms with Crippen molar-refractivity contribution in [3.8, 4) is 11.3 Å². The molecule has 0 spiro atoms. The molecule has 9 heteroatoms. The fraction of sp³-hybridized carbons (Fsp3) is 0.320. The van der Waals surface area contributed by atoms with Gasteiger partial charge in [-0.3, -0.25) is 4.79 Å². The van der Waals surface area contributed by atoms with Gasteiger partial charge in [0.1, 0.15) is 5.82 Å². The number of nitrogens with zero attached hydrogens (tertiary/aromatic N) is 3. The van der Waals surface area contributed by atoms with E-state index >= 15 is 0 Å². The Hall–Kier alpha value is -3.23. The molecule has 0 aliphatic carbocycles. The maximum atomic E-state index is 13.8. The maximum Gasteiger partial charge on any atom is 0.409 e. The maximum absolute atomic E-state index is 13.8. The normalized spacial score (nSPS) is 13.9. The van der Waals surface area contributed by atoms with Gasteiger partial charge in [0.25, 0.3) is 5.91 Å². The molecule has 0 unspecified atom stereocenters. The SMILES string of the molecule is CCCOC(=O)N1CCN(C(=O)c2ccc3c(Cl)cc(-c4ccc(F)c(CO)c4)nc3c2)CC1. The van der Waals surface area contributed by atoms with E-state index in [1.807, 2.05) is 6.92 Å². The van der Waals surface area contributed by atoms with Gasteiger partial charge in [-0.2, -0.15) is 0 Å². The Kier molecular flexibility index (Phi) is 7.29. The third-order valence-corrected chi connectivity index (χ3v) is 6.09. The fourth-order valence-corrected chi connectivity index (χ4v) is 4.14. The number of hydrogen-bond donors (Lipinski definition) is 1. The quantitative estimate of drug-likeness (QED) is 0.575. The van der Waals surface area contributed by atoms with Gasteiger partial charge in [0.15, 0.2) is 0 Å². The molecule has 1 saturated heterocycles. The van der Waals surface area contributed by atoms with Crippen molar-refractivity contribution in [3.05, 3.63) is 64.4 Å². The van der Waals surface area contributed by atoms with E-state index in [0.717, 1.165) is 6.42 Å². The standard InChI is InChI=1S/C25H25ClFN3O4/c1-2-11-34-25(33)30-9-7-29(8-10-30)24(32)17-3-5-19-20(26)14-22(28-23(19)13-17)16-4-6-21(27)18(12-16)15-31/h3-6,12-14,31H,2,7-11,15H2,1H3. The lowest BCUT2D eigenvalue weighted by atomic mass is 10.0. The number of pyridine rings is 1. The van der Waals surface area contributed by atoms with Crippen LogP contribution >= 0.6 is 11.6 Å². The Morgan fingerprint density at radius 3 is 2.53 bits per heavy atom.